The summed E-state index contributed by atoms with van der Waals surface area (Å²) in [6, 6.07) is 3.71. The van der Waals surface area contributed by atoms with Crippen LogP contribution in [-0.4, -0.2) is 25.7 Å². The molecule has 0 spiro atoms. The summed E-state index contributed by atoms with van der Waals surface area (Å²) in [5.74, 6) is -0.761. The Hall–Kier alpha value is -1.17. The minimum Gasteiger partial charge on any atom is -0.383 e. The van der Waals surface area contributed by atoms with Crippen molar-refractivity contribution in [3.8, 4) is 0 Å². The number of rotatable bonds is 4. The number of carbonyl (C=O) groups is 1. The average Bonchev–Trinajstić information content (AvgIpc) is 2.24. The van der Waals surface area contributed by atoms with Gasteiger partial charge in [0.25, 0.3) is 0 Å². The van der Waals surface area contributed by atoms with Crippen LogP contribution in [0.1, 0.15) is 5.56 Å². The summed E-state index contributed by atoms with van der Waals surface area (Å²) in [5, 5.41) is 2.51. The number of aryl methyl sites for hydroxylation is 1. The third kappa shape index (κ3) is 4.68. The van der Waals surface area contributed by atoms with Crippen molar-refractivity contribution in [1.29, 1.82) is 0 Å². The third-order valence-electron chi connectivity index (χ3n) is 2.12. The van der Waals surface area contributed by atoms with Gasteiger partial charge in [0.1, 0.15) is 11.9 Å². The Morgan fingerprint density at radius 2 is 2.24 bits per heavy atom. The van der Waals surface area contributed by atoms with E-state index in [0.717, 1.165) is 0 Å². The lowest BCUT2D eigenvalue weighted by molar-refractivity contribution is -0.118. The van der Waals surface area contributed by atoms with Crippen LogP contribution in [0.2, 0.25) is 0 Å². The molecule has 1 amide bonds. The van der Waals surface area contributed by atoms with E-state index in [-0.39, 0.29) is 24.8 Å². The van der Waals surface area contributed by atoms with Gasteiger partial charge >= 0.3 is 0 Å². The highest BCUT2D eigenvalue weighted by molar-refractivity contribution is 5.94. The first-order chi connectivity index (χ1) is 7.54. The van der Waals surface area contributed by atoms with Gasteiger partial charge in [-0.15, -0.1) is 12.4 Å². The summed E-state index contributed by atoms with van der Waals surface area (Å²) in [4.78, 5) is 11.5. The van der Waals surface area contributed by atoms with E-state index in [9.17, 15) is 9.18 Å². The van der Waals surface area contributed by atoms with E-state index >= 15 is 0 Å². The number of nitrogens with two attached hydrogens (primary N) is 1. The number of halogens is 2. The van der Waals surface area contributed by atoms with Crippen LogP contribution in [0.25, 0.3) is 0 Å². The van der Waals surface area contributed by atoms with Crippen molar-refractivity contribution in [2.24, 2.45) is 5.73 Å². The molecule has 1 atom stereocenters. The quantitative estimate of drug-likeness (QED) is 0.864. The number of nitrogens with one attached hydrogen (secondary N) is 1. The Bertz CT molecular complexity index is 388. The van der Waals surface area contributed by atoms with Gasteiger partial charge in [0, 0.05) is 12.8 Å². The molecule has 3 N–H and O–H groups in total. The summed E-state index contributed by atoms with van der Waals surface area (Å²) in [5.41, 5.74) is 6.43. The first-order valence-electron chi connectivity index (χ1n) is 4.86. The van der Waals surface area contributed by atoms with Gasteiger partial charge in [-0.05, 0) is 24.6 Å². The molecular weight excluding hydrogens is 247 g/mol. The van der Waals surface area contributed by atoms with Gasteiger partial charge in [-0.25, -0.2) is 4.39 Å². The molecule has 0 aliphatic carbocycles. The molecule has 6 heteroatoms. The zero-order valence-corrected chi connectivity index (χ0v) is 10.5. The molecular formula is C11H16ClFN2O2. The maximum Gasteiger partial charge on any atom is 0.243 e. The molecule has 0 aliphatic heterocycles. The fraction of sp³-hybridized carbons (Fsp3) is 0.364. The lowest BCUT2D eigenvalue weighted by Crippen LogP contribution is -2.39. The molecule has 0 radical (unpaired) electrons. The topological polar surface area (TPSA) is 64.3 Å². The van der Waals surface area contributed by atoms with Gasteiger partial charge < -0.3 is 15.8 Å². The summed E-state index contributed by atoms with van der Waals surface area (Å²) in [6.07, 6.45) is 0. The van der Waals surface area contributed by atoms with Crippen molar-refractivity contribution in [3.63, 3.8) is 0 Å². The monoisotopic (exact) mass is 262 g/mol. The van der Waals surface area contributed by atoms with Crippen LogP contribution in [0.5, 0.6) is 0 Å². The highest BCUT2D eigenvalue weighted by atomic mass is 35.5. The van der Waals surface area contributed by atoms with Crippen molar-refractivity contribution in [1.82, 2.24) is 0 Å². The van der Waals surface area contributed by atoms with Crippen molar-refractivity contribution in [2.75, 3.05) is 19.0 Å². The summed E-state index contributed by atoms with van der Waals surface area (Å²) >= 11 is 0. The molecule has 4 nitrogen and oxygen atoms in total. The average molecular weight is 263 g/mol. The van der Waals surface area contributed by atoms with Gasteiger partial charge in [-0.2, -0.15) is 0 Å². The van der Waals surface area contributed by atoms with Crippen LogP contribution in [0.15, 0.2) is 18.2 Å². The molecule has 1 aromatic carbocycles. The van der Waals surface area contributed by atoms with Crippen LogP contribution >= 0.6 is 12.4 Å². The molecule has 0 bridgehead atoms. The largest absolute Gasteiger partial charge is 0.383 e. The number of anilines is 1. The van der Waals surface area contributed by atoms with Gasteiger partial charge in [0.15, 0.2) is 0 Å². The highest BCUT2D eigenvalue weighted by Crippen LogP contribution is 2.13. The van der Waals surface area contributed by atoms with Crippen molar-refractivity contribution in [3.05, 3.63) is 29.6 Å². The molecule has 1 aromatic rings. The molecule has 0 fully saturated rings. The Morgan fingerprint density at radius 1 is 1.59 bits per heavy atom. The number of hydrogen-bond donors (Lipinski definition) is 2. The fourth-order valence-corrected chi connectivity index (χ4v) is 1.16. The van der Waals surface area contributed by atoms with Crippen LogP contribution < -0.4 is 11.1 Å². The van der Waals surface area contributed by atoms with E-state index < -0.39 is 11.9 Å². The van der Waals surface area contributed by atoms with E-state index in [0.29, 0.717) is 11.3 Å². The molecule has 96 valence electrons. The van der Waals surface area contributed by atoms with E-state index in [4.69, 9.17) is 10.5 Å². The van der Waals surface area contributed by atoms with Crippen LogP contribution in [-0.2, 0) is 9.53 Å². The first kappa shape index (κ1) is 15.8. The maximum absolute atomic E-state index is 13.2. The summed E-state index contributed by atoms with van der Waals surface area (Å²) < 4.78 is 17.9. The van der Waals surface area contributed by atoms with Gasteiger partial charge in [0.2, 0.25) is 5.91 Å². The van der Waals surface area contributed by atoms with Gasteiger partial charge in [-0.3, -0.25) is 4.79 Å². The molecule has 0 aliphatic rings. The van der Waals surface area contributed by atoms with Gasteiger partial charge in [0.05, 0.1) is 6.61 Å². The smallest absolute Gasteiger partial charge is 0.243 e. The van der Waals surface area contributed by atoms with E-state index in [1.807, 2.05) is 0 Å². The minimum absolute atomic E-state index is 0. The van der Waals surface area contributed by atoms with Crippen molar-refractivity contribution < 1.29 is 13.9 Å². The first-order valence-corrected chi connectivity index (χ1v) is 4.86. The standard InChI is InChI=1S/C11H15FN2O2.ClH/c1-7-3-4-8(5-9(7)12)14-11(15)10(13)6-16-2;/h3-5,10H,6,13H2,1-2H3,(H,14,15);1H. The number of carbonyl (C=O) groups excluding carboxylic acids is 1. The lowest BCUT2D eigenvalue weighted by Gasteiger charge is -2.11. The summed E-state index contributed by atoms with van der Waals surface area (Å²) in [7, 11) is 1.46. The minimum atomic E-state index is -0.755. The molecule has 0 saturated carbocycles. The van der Waals surface area contributed by atoms with Crippen molar-refractivity contribution in [2.45, 2.75) is 13.0 Å². The normalized spacial score (nSPS) is 11.5. The predicted molar refractivity (Wildman–Crippen MR) is 66.9 cm³/mol. The number of benzene rings is 1. The zero-order chi connectivity index (χ0) is 12.1. The van der Waals surface area contributed by atoms with Crippen LogP contribution in [0.4, 0.5) is 10.1 Å². The molecule has 1 unspecified atom stereocenters. The Balaban J connectivity index is 0.00000256. The predicted octanol–water partition coefficient (Wildman–Crippen LogP) is 1.47. The SMILES string of the molecule is COCC(N)C(=O)Nc1ccc(C)c(F)c1.Cl. The second-order valence-corrected chi connectivity index (χ2v) is 3.52. The number of hydrogen-bond acceptors (Lipinski definition) is 3. The van der Waals surface area contributed by atoms with Crippen LogP contribution in [0.3, 0.4) is 0 Å². The lowest BCUT2D eigenvalue weighted by atomic mass is 10.2. The molecule has 0 heterocycles. The maximum atomic E-state index is 13.2. The van der Waals surface area contributed by atoms with E-state index in [1.165, 1.54) is 13.2 Å². The Labute approximate surface area is 106 Å². The molecule has 0 aromatic heterocycles. The number of amides is 1. The zero-order valence-electron chi connectivity index (χ0n) is 9.70. The fourth-order valence-electron chi connectivity index (χ4n) is 1.16. The number of ether oxygens (including phenoxy) is 1. The molecule has 0 saturated heterocycles. The van der Waals surface area contributed by atoms with Gasteiger partial charge in [-0.1, -0.05) is 6.07 Å². The highest BCUT2D eigenvalue weighted by Gasteiger charge is 2.13. The second-order valence-electron chi connectivity index (χ2n) is 3.52. The molecule has 17 heavy (non-hydrogen) atoms. The summed E-state index contributed by atoms with van der Waals surface area (Å²) in [6.45, 7) is 1.78. The Morgan fingerprint density at radius 3 is 2.76 bits per heavy atom. The molecule has 1 rings (SSSR count). The van der Waals surface area contributed by atoms with E-state index in [2.05, 4.69) is 5.32 Å². The van der Waals surface area contributed by atoms with Crippen molar-refractivity contribution >= 4 is 24.0 Å². The van der Waals surface area contributed by atoms with E-state index in [1.54, 1.807) is 19.1 Å². The third-order valence-corrected chi connectivity index (χ3v) is 2.12. The second kappa shape index (κ2) is 7.21. The number of methoxy groups -OCH3 is 1. The van der Waals surface area contributed by atoms with Crippen LogP contribution in [0, 0.1) is 12.7 Å². The Kier molecular flexibility index (Phi) is 6.72.